The van der Waals surface area contributed by atoms with Crippen molar-refractivity contribution >= 4 is 51.2 Å². The molecular weight excluding hydrogens is 627 g/mol. The lowest BCUT2D eigenvalue weighted by molar-refractivity contribution is -0.124. The number of fused-ring (bicyclic) bond motifs is 1. The summed E-state index contributed by atoms with van der Waals surface area (Å²) in [4.78, 5) is 41.0. The van der Waals surface area contributed by atoms with Crippen LogP contribution < -0.4 is 31.9 Å². The van der Waals surface area contributed by atoms with Gasteiger partial charge < -0.3 is 31.9 Å². The van der Waals surface area contributed by atoms with Crippen LogP contribution in [-0.2, 0) is 9.59 Å². The Bertz CT molecular complexity index is 1020. The second-order valence-electron chi connectivity index (χ2n) is 12.8. The Morgan fingerprint density at radius 3 is 2.58 bits per heavy atom. The van der Waals surface area contributed by atoms with Crippen molar-refractivity contribution in [2.75, 3.05) is 37.7 Å². The number of nitrogens with zero attached hydrogens (tertiary/aromatic N) is 1. The van der Waals surface area contributed by atoms with Gasteiger partial charge in [-0.25, -0.2) is 9.78 Å². The van der Waals surface area contributed by atoms with Crippen LogP contribution in [0.15, 0.2) is 29.4 Å². The molecule has 2 fully saturated rings. The normalized spacial score (nSPS) is 19.9. The molecule has 254 valence electrons. The lowest BCUT2D eigenvalue weighted by atomic mass is 10.0. The third-order valence-corrected chi connectivity index (χ3v) is 11.5. The van der Waals surface area contributed by atoms with Crippen molar-refractivity contribution in [3.63, 3.8) is 0 Å². The molecule has 0 bridgehead atoms. The van der Waals surface area contributed by atoms with Crippen LogP contribution >= 0.6 is 33.3 Å². The van der Waals surface area contributed by atoms with Crippen LogP contribution in [0.3, 0.4) is 0 Å². The van der Waals surface area contributed by atoms with Gasteiger partial charge >= 0.3 is 6.03 Å². The summed E-state index contributed by atoms with van der Waals surface area (Å²) in [7, 11) is 3.52. The fraction of sp³-hybridized carbons (Fsp3) is 0.750. The van der Waals surface area contributed by atoms with E-state index in [4.69, 9.17) is 0 Å². The molecule has 0 saturated carbocycles. The number of hydrogen-bond acceptors (Lipinski definition) is 9. The minimum Gasteiger partial charge on any atom is -0.356 e. The van der Waals surface area contributed by atoms with Crippen LogP contribution in [0.4, 0.5) is 4.79 Å². The lowest BCUT2D eigenvalue weighted by Gasteiger charge is -2.28. The largest absolute Gasteiger partial charge is 0.356 e. The van der Waals surface area contributed by atoms with E-state index < -0.39 is 0 Å². The first-order valence-corrected chi connectivity index (χ1v) is 20.0. The molecule has 4 atom stereocenters. The molecular formula is C32H55N7O3S3. The van der Waals surface area contributed by atoms with Gasteiger partial charge in [-0.2, -0.15) is 11.8 Å². The molecule has 1 aromatic heterocycles. The van der Waals surface area contributed by atoms with Gasteiger partial charge in [-0.1, -0.05) is 29.7 Å². The van der Waals surface area contributed by atoms with Crippen molar-refractivity contribution in [2.24, 2.45) is 0 Å². The molecule has 2 aliphatic heterocycles. The molecule has 2 saturated heterocycles. The third kappa shape index (κ3) is 16.1. The number of hydrogen-bond donors (Lipinski definition) is 6. The summed E-state index contributed by atoms with van der Waals surface area (Å²) in [5.74, 6) is 2.18. The second-order valence-corrected chi connectivity index (χ2v) is 16.5. The fourth-order valence-corrected chi connectivity index (χ4v) is 8.85. The van der Waals surface area contributed by atoms with Gasteiger partial charge in [-0.05, 0) is 95.2 Å². The Labute approximate surface area is 282 Å². The predicted octanol–water partition coefficient (Wildman–Crippen LogP) is 4.47. The molecule has 4 amide bonds. The van der Waals surface area contributed by atoms with E-state index in [2.05, 4.69) is 57.7 Å². The number of thioether (sulfide) groups is 1. The summed E-state index contributed by atoms with van der Waals surface area (Å²) in [5.41, 5.74) is -0.134. The van der Waals surface area contributed by atoms with Gasteiger partial charge in [-0.3, -0.25) is 9.59 Å². The summed E-state index contributed by atoms with van der Waals surface area (Å²) >= 11 is 1.92. The molecule has 0 spiro atoms. The number of rotatable bonds is 23. The van der Waals surface area contributed by atoms with Crippen LogP contribution in [0, 0.1) is 0 Å². The fourth-order valence-electron chi connectivity index (χ4n) is 5.48. The van der Waals surface area contributed by atoms with Crippen LogP contribution in [0.5, 0.6) is 0 Å². The Morgan fingerprint density at radius 2 is 1.80 bits per heavy atom. The quantitative estimate of drug-likeness (QED) is 0.0562. The van der Waals surface area contributed by atoms with Gasteiger partial charge in [0.25, 0.3) is 0 Å². The lowest BCUT2D eigenvalue weighted by Crippen LogP contribution is -2.51. The molecule has 3 rings (SSSR count). The van der Waals surface area contributed by atoms with Crippen molar-refractivity contribution in [1.82, 2.24) is 36.9 Å². The van der Waals surface area contributed by atoms with E-state index in [1.807, 2.05) is 47.0 Å². The minimum absolute atomic E-state index is 0.0491. The molecule has 13 heteroatoms. The Kier molecular flexibility index (Phi) is 17.8. The molecule has 2 aliphatic rings. The molecule has 0 aromatic carbocycles. The number of carbonyl (C=O) groups is 3. The zero-order chi connectivity index (χ0) is 32.3. The average Bonchev–Trinajstić information content (AvgIpc) is 3.56. The minimum atomic E-state index is -0.197. The number of nitrogens with one attached hydrogen (secondary N) is 6. The van der Waals surface area contributed by atoms with E-state index in [-0.39, 0.29) is 41.5 Å². The zero-order valence-corrected chi connectivity index (χ0v) is 29.8. The molecule has 0 unspecified atom stereocenters. The van der Waals surface area contributed by atoms with Gasteiger partial charge in [0.1, 0.15) is 5.03 Å². The van der Waals surface area contributed by atoms with Gasteiger partial charge in [0, 0.05) is 54.5 Å². The first-order valence-electron chi connectivity index (χ1n) is 16.6. The highest BCUT2D eigenvalue weighted by atomic mass is 33.1. The van der Waals surface area contributed by atoms with E-state index in [0.717, 1.165) is 87.4 Å². The first-order chi connectivity index (χ1) is 21.7. The number of carbonyl (C=O) groups excluding carboxylic acids is 3. The maximum absolute atomic E-state index is 13.0. The smallest absolute Gasteiger partial charge is 0.315 e. The highest BCUT2D eigenvalue weighted by molar-refractivity contribution is 8.76. The molecule has 45 heavy (non-hydrogen) atoms. The topological polar surface area (TPSA) is 136 Å². The zero-order valence-electron chi connectivity index (χ0n) is 27.3. The third-order valence-electron chi connectivity index (χ3n) is 7.72. The van der Waals surface area contributed by atoms with Gasteiger partial charge in [0.2, 0.25) is 11.8 Å². The number of urea groups is 1. The predicted molar refractivity (Wildman–Crippen MR) is 190 cm³/mol. The molecule has 0 aliphatic carbocycles. The molecule has 10 nitrogen and oxygen atoms in total. The van der Waals surface area contributed by atoms with Crippen LogP contribution in [0.25, 0.3) is 0 Å². The Hall–Kier alpha value is -1.67. The van der Waals surface area contributed by atoms with Gasteiger partial charge in [-0.15, -0.1) is 0 Å². The summed E-state index contributed by atoms with van der Waals surface area (Å²) < 4.78 is 0. The average molecular weight is 682 g/mol. The second kappa shape index (κ2) is 21.3. The van der Waals surface area contributed by atoms with Crippen molar-refractivity contribution in [3.8, 4) is 0 Å². The van der Waals surface area contributed by atoms with Gasteiger partial charge in [0.05, 0.1) is 18.1 Å². The monoisotopic (exact) mass is 681 g/mol. The summed E-state index contributed by atoms with van der Waals surface area (Å²) in [5, 5.41) is 20.6. The van der Waals surface area contributed by atoms with E-state index >= 15 is 0 Å². The number of aromatic nitrogens is 1. The molecule has 1 aromatic rings. The highest BCUT2D eigenvalue weighted by Crippen LogP contribution is 2.33. The standard InChI is InChI=1S/C32H55N7O3S3/c1-32(2,3)39-24(13-7-11-17-33-21-22-44-45-28-16-8-12-19-35-28)30(41)36-20-10-4-9-18-34-27(40)15-6-5-14-26-29-25(23-43-26)37-31(42)38-29/h8,12,16,19,24-26,29,33,39H,4-7,9-11,13-15,17-18,20-23H2,1-3H3,(H,34,40)(H,36,41)(H2,37,38,42)/t24-,25-,26-,29-/m0/s1. The number of pyridine rings is 1. The summed E-state index contributed by atoms with van der Waals surface area (Å²) in [6, 6.07) is 6.21. The van der Waals surface area contributed by atoms with E-state index in [9.17, 15) is 14.4 Å². The van der Waals surface area contributed by atoms with Crippen molar-refractivity contribution in [2.45, 2.75) is 119 Å². The van der Waals surface area contributed by atoms with Crippen LogP contribution in [-0.4, -0.2) is 89.4 Å². The first kappa shape index (κ1) is 37.8. The summed E-state index contributed by atoms with van der Waals surface area (Å²) in [6.45, 7) is 9.54. The molecule has 3 heterocycles. The summed E-state index contributed by atoms with van der Waals surface area (Å²) in [6.07, 6.45) is 10.9. The van der Waals surface area contributed by atoms with Crippen molar-refractivity contribution < 1.29 is 14.4 Å². The Balaban J connectivity index is 1.15. The molecule has 6 N–H and O–H groups in total. The van der Waals surface area contributed by atoms with Crippen LogP contribution in [0.1, 0.15) is 85.0 Å². The van der Waals surface area contributed by atoms with E-state index in [1.165, 1.54) is 0 Å². The van der Waals surface area contributed by atoms with E-state index in [1.54, 1.807) is 10.8 Å². The number of amides is 4. The molecule has 0 radical (unpaired) electrons. The van der Waals surface area contributed by atoms with E-state index in [0.29, 0.717) is 24.8 Å². The maximum Gasteiger partial charge on any atom is 0.315 e. The maximum atomic E-state index is 13.0. The Morgan fingerprint density at radius 1 is 1.00 bits per heavy atom. The SMILES string of the molecule is CC(C)(C)N[C@@H](CCCCNCCSSc1ccccn1)C(=O)NCCCCCNC(=O)CCCC[C@@H]1SC[C@@H]2NC(=O)N[C@@H]21. The highest BCUT2D eigenvalue weighted by Gasteiger charge is 2.42. The van der Waals surface area contributed by atoms with Gasteiger partial charge in [0.15, 0.2) is 0 Å². The number of unbranched alkanes of at least 4 members (excludes halogenated alkanes) is 4. The van der Waals surface area contributed by atoms with Crippen LogP contribution in [0.2, 0.25) is 0 Å². The van der Waals surface area contributed by atoms with Crippen molar-refractivity contribution in [3.05, 3.63) is 24.4 Å². The van der Waals surface area contributed by atoms with Crippen molar-refractivity contribution in [1.29, 1.82) is 0 Å².